The molecule has 98 valence electrons. The van der Waals surface area contributed by atoms with Crippen LogP contribution in [-0.2, 0) is 6.42 Å². The van der Waals surface area contributed by atoms with E-state index in [0.717, 1.165) is 18.7 Å². The Kier molecular flexibility index (Phi) is 2.56. The number of hydrogen-bond donors (Lipinski definition) is 1. The van der Waals surface area contributed by atoms with E-state index in [4.69, 9.17) is 0 Å². The molecule has 1 aromatic heterocycles. The van der Waals surface area contributed by atoms with E-state index in [1.165, 1.54) is 22.5 Å². The molecular weight excluding hydrogens is 246 g/mol. The summed E-state index contributed by atoms with van der Waals surface area (Å²) in [4.78, 5) is 4.32. The number of nitrogens with one attached hydrogen (secondary N) is 1. The third kappa shape index (κ3) is 1.79. The van der Waals surface area contributed by atoms with E-state index in [1.54, 1.807) is 0 Å². The molecule has 0 spiro atoms. The quantitative estimate of drug-likeness (QED) is 0.765. The molecule has 0 unspecified atom stereocenters. The van der Waals surface area contributed by atoms with Crippen LogP contribution in [0.4, 0.5) is 5.69 Å². The van der Waals surface area contributed by atoms with Gasteiger partial charge in [0.25, 0.3) is 0 Å². The number of fused-ring (bicyclic) bond motifs is 1. The molecule has 0 aliphatic carbocycles. The van der Waals surface area contributed by atoms with Gasteiger partial charge in [0.05, 0.1) is 18.2 Å². The fraction of sp³-hybridized carbons (Fsp3) is 0.118. The number of imidazole rings is 1. The summed E-state index contributed by atoms with van der Waals surface area (Å²) in [6.07, 6.45) is 4.89. The molecule has 1 N–H and O–H groups in total. The Bertz CT molecular complexity index is 744. The molecule has 0 saturated carbocycles. The molecule has 20 heavy (non-hydrogen) atoms. The first kappa shape index (κ1) is 11.3. The number of anilines is 1. The van der Waals surface area contributed by atoms with Gasteiger partial charge in [0.2, 0.25) is 0 Å². The number of hydrogen-bond acceptors (Lipinski definition) is 2. The lowest BCUT2D eigenvalue weighted by Gasteiger charge is -2.10. The maximum absolute atomic E-state index is 4.32. The third-order valence-corrected chi connectivity index (χ3v) is 3.78. The highest BCUT2D eigenvalue weighted by Gasteiger charge is 2.12. The largest absolute Gasteiger partial charge is 0.384 e. The van der Waals surface area contributed by atoms with Gasteiger partial charge in [0.15, 0.2) is 0 Å². The predicted molar refractivity (Wildman–Crippen MR) is 81.2 cm³/mol. The Labute approximate surface area is 117 Å². The average molecular weight is 261 g/mol. The van der Waals surface area contributed by atoms with Crippen molar-refractivity contribution in [3.8, 4) is 16.9 Å². The summed E-state index contributed by atoms with van der Waals surface area (Å²) in [6, 6.07) is 16.9. The van der Waals surface area contributed by atoms with Gasteiger partial charge >= 0.3 is 0 Å². The van der Waals surface area contributed by atoms with E-state index in [1.807, 2.05) is 18.6 Å². The Morgan fingerprint density at radius 3 is 2.85 bits per heavy atom. The molecule has 0 saturated heterocycles. The SMILES string of the molecule is c1ccc(-c2cncn2-c2ccc3c(c2)CCN3)cc1. The van der Waals surface area contributed by atoms with Crippen molar-refractivity contribution >= 4 is 5.69 Å². The van der Waals surface area contributed by atoms with Gasteiger partial charge in [-0.25, -0.2) is 4.98 Å². The minimum atomic E-state index is 1.04. The molecule has 4 rings (SSSR count). The van der Waals surface area contributed by atoms with Crippen molar-refractivity contribution in [3.63, 3.8) is 0 Å². The summed E-state index contributed by atoms with van der Waals surface area (Å²) in [7, 11) is 0. The summed E-state index contributed by atoms with van der Waals surface area (Å²) >= 11 is 0. The van der Waals surface area contributed by atoms with Crippen LogP contribution in [-0.4, -0.2) is 16.1 Å². The highest BCUT2D eigenvalue weighted by Crippen LogP contribution is 2.27. The Hall–Kier alpha value is -2.55. The smallest absolute Gasteiger partial charge is 0.0997 e. The molecule has 3 nitrogen and oxygen atoms in total. The van der Waals surface area contributed by atoms with E-state index in [-0.39, 0.29) is 0 Å². The molecule has 3 heteroatoms. The molecule has 3 aromatic rings. The summed E-state index contributed by atoms with van der Waals surface area (Å²) < 4.78 is 2.15. The lowest BCUT2D eigenvalue weighted by molar-refractivity contribution is 1.05. The Morgan fingerprint density at radius 1 is 1.05 bits per heavy atom. The van der Waals surface area contributed by atoms with Gasteiger partial charge < -0.3 is 5.32 Å². The number of benzene rings is 2. The first-order chi connectivity index (χ1) is 9.92. The van der Waals surface area contributed by atoms with Crippen molar-refractivity contribution in [3.05, 3.63) is 66.6 Å². The molecular formula is C17H15N3. The van der Waals surface area contributed by atoms with Crippen molar-refractivity contribution < 1.29 is 0 Å². The lowest BCUT2D eigenvalue weighted by atomic mass is 10.1. The molecule has 0 fully saturated rings. The zero-order valence-corrected chi connectivity index (χ0v) is 11.1. The zero-order valence-electron chi connectivity index (χ0n) is 11.1. The summed E-state index contributed by atoms with van der Waals surface area (Å²) in [6.45, 7) is 1.04. The average Bonchev–Trinajstić information content (AvgIpc) is 3.16. The third-order valence-electron chi connectivity index (χ3n) is 3.78. The van der Waals surface area contributed by atoms with Crippen LogP contribution < -0.4 is 5.32 Å². The van der Waals surface area contributed by atoms with E-state index < -0.39 is 0 Å². The number of rotatable bonds is 2. The Morgan fingerprint density at radius 2 is 1.95 bits per heavy atom. The number of nitrogens with zero attached hydrogens (tertiary/aromatic N) is 2. The van der Waals surface area contributed by atoms with Crippen molar-refractivity contribution in [2.24, 2.45) is 0 Å². The monoisotopic (exact) mass is 261 g/mol. The van der Waals surface area contributed by atoms with Crippen LogP contribution in [0.1, 0.15) is 5.56 Å². The second kappa shape index (κ2) is 4.53. The van der Waals surface area contributed by atoms with E-state index in [2.05, 4.69) is 57.3 Å². The summed E-state index contributed by atoms with van der Waals surface area (Å²) in [5.41, 5.74) is 6.12. The molecule has 1 aliphatic heterocycles. The molecule has 0 atom stereocenters. The molecule has 2 aromatic carbocycles. The van der Waals surface area contributed by atoms with Gasteiger partial charge in [-0.2, -0.15) is 0 Å². The second-order valence-corrected chi connectivity index (χ2v) is 5.03. The fourth-order valence-electron chi connectivity index (χ4n) is 2.76. The van der Waals surface area contributed by atoms with Crippen molar-refractivity contribution in [1.29, 1.82) is 0 Å². The normalized spacial score (nSPS) is 13.0. The van der Waals surface area contributed by atoms with Gasteiger partial charge in [0, 0.05) is 23.5 Å². The van der Waals surface area contributed by atoms with E-state index >= 15 is 0 Å². The van der Waals surface area contributed by atoms with Crippen molar-refractivity contribution in [1.82, 2.24) is 9.55 Å². The van der Waals surface area contributed by atoms with Crippen molar-refractivity contribution in [2.45, 2.75) is 6.42 Å². The second-order valence-electron chi connectivity index (χ2n) is 5.03. The van der Waals surface area contributed by atoms with Gasteiger partial charge in [-0.3, -0.25) is 4.57 Å². The molecule has 1 aliphatic rings. The lowest BCUT2D eigenvalue weighted by Crippen LogP contribution is -1.96. The van der Waals surface area contributed by atoms with E-state index in [9.17, 15) is 0 Å². The van der Waals surface area contributed by atoms with Gasteiger partial charge in [-0.1, -0.05) is 30.3 Å². The minimum absolute atomic E-state index is 1.04. The predicted octanol–water partition coefficient (Wildman–Crippen LogP) is 3.51. The van der Waals surface area contributed by atoms with Crippen LogP contribution in [0.2, 0.25) is 0 Å². The van der Waals surface area contributed by atoms with Crippen LogP contribution in [0, 0.1) is 0 Å². The summed E-state index contributed by atoms with van der Waals surface area (Å²) in [5, 5.41) is 3.39. The fourth-order valence-corrected chi connectivity index (χ4v) is 2.76. The maximum Gasteiger partial charge on any atom is 0.0997 e. The first-order valence-corrected chi connectivity index (χ1v) is 6.87. The Balaban J connectivity index is 1.82. The van der Waals surface area contributed by atoms with E-state index in [0.29, 0.717) is 0 Å². The topological polar surface area (TPSA) is 29.9 Å². The van der Waals surface area contributed by atoms with Crippen LogP contribution in [0.3, 0.4) is 0 Å². The van der Waals surface area contributed by atoms with Crippen LogP contribution in [0.5, 0.6) is 0 Å². The molecule has 2 heterocycles. The standard InChI is InChI=1S/C17H15N3/c1-2-4-13(5-3-1)17-11-18-12-20(17)15-6-7-16-14(10-15)8-9-19-16/h1-7,10-12,19H,8-9H2. The van der Waals surface area contributed by atoms with Gasteiger partial charge in [-0.15, -0.1) is 0 Å². The van der Waals surface area contributed by atoms with Crippen LogP contribution in [0.25, 0.3) is 16.9 Å². The highest BCUT2D eigenvalue weighted by atomic mass is 15.1. The van der Waals surface area contributed by atoms with Crippen LogP contribution >= 0.6 is 0 Å². The number of aromatic nitrogens is 2. The van der Waals surface area contributed by atoms with Gasteiger partial charge in [0.1, 0.15) is 0 Å². The zero-order chi connectivity index (χ0) is 13.4. The first-order valence-electron chi connectivity index (χ1n) is 6.87. The minimum Gasteiger partial charge on any atom is -0.384 e. The van der Waals surface area contributed by atoms with Crippen molar-refractivity contribution in [2.75, 3.05) is 11.9 Å². The van der Waals surface area contributed by atoms with Crippen LogP contribution in [0.15, 0.2) is 61.1 Å². The molecule has 0 radical (unpaired) electrons. The molecule has 0 bridgehead atoms. The molecule has 0 amide bonds. The van der Waals surface area contributed by atoms with Gasteiger partial charge in [-0.05, 0) is 30.2 Å². The highest BCUT2D eigenvalue weighted by molar-refractivity contribution is 5.64. The maximum atomic E-state index is 4.32. The summed E-state index contributed by atoms with van der Waals surface area (Å²) in [5.74, 6) is 0.